The van der Waals surface area contributed by atoms with Gasteiger partial charge >= 0.3 is 0 Å². The Morgan fingerprint density at radius 3 is 2.81 bits per heavy atom. The number of rotatable bonds is 6. The summed E-state index contributed by atoms with van der Waals surface area (Å²) in [6.45, 7) is 5.63. The van der Waals surface area contributed by atoms with Crippen LogP contribution in [0.2, 0.25) is 5.02 Å². The minimum atomic E-state index is -0.678. The average Bonchev–Trinajstić information content (AvgIpc) is 3.07. The number of fused-ring (bicyclic) bond motifs is 1. The first-order chi connectivity index (χ1) is 12.9. The van der Waals surface area contributed by atoms with Gasteiger partial charge in [-0.05, 0) is 13.0 Å². The van der Waals surface area contributed by atoms with Crippen LogP contribution in [0.25, 0.3) is 16.9 Å². The number of halogens is 1. The van der Waals surface area contributed by atoms with Crippen LogP contribution in [0.15, 0.2) is 54.1 Å². The molecule has 3 aromatic rings. The number of nitrogens with zero attached hydrogens (tertiary/aromatic N) is 3. The van der Waals surface area contributed by atoms with Gasteiger partial charge in [0.05, 0.1) is 11.8 Å². The zero-order valence-corrected chi connectivity index (χ0v) is 15.5. The summed E-state index contributed by atoms with van der Waals surface area (Å²) in [6, 6.07) is 7.20. The minimum Gasteiger partial charge on any atom is -0.392 e. The second-order valence-electron chi connectivity index (χ2n) is 6.11. The molecule has 0 aliphatic heterocycles. The molecule has 8 heteroatoms. The van der Waals surface area contributed by atoms with Crippen molar-refractivity contribution in [2.45, 2.75) is 19.6 Å². The van der Waals surface area contributed by atoms with Crippen molar-refractivity contribution in [3.8, 4) is 11.3 Å². The first-order valence-electron chi connectivity index (χ1n) is 8.37. The van der Waals surface area contributed by atoms with E-state index in [1.54, 1.807) is 25.3 Å². The highest BCUT2D eigenvalue weighted by Crippen LogP contribution is 2.27. The van der Waals surface area contributed by atoms with E-state index in [0.29, 0.717) is 16.3 Å². The average molecular weight is 387 g/mol. The van der Waals surface area contributed by atoms with Gasteiger partial charge in [0.15, 0.2) is 0 Å². The fraction of sp³-hybridized carbons (Fsp3) is 0.211. The van der Waals surface area contributed by atoms with E-state index in [4.69, 9.17) is 11.6 Å². The van der Waals surface area contributed by atoms with Gasteiger partial charge in [-0.25, -0.2) is 4.98 Å². The van der Waals surface area contributed by atoms with E-state index in [1.807, 2.05) is 18.2 Å². The van der Waals surface area contributed by atoms with Crippen molar-refractivity contribution in [1.82, 2.24) is 19.3 Å². The molecule has 3 rings (SSSR count). The molecular weight excluding hydrogens is 368 g/mol. The van der Waals surface area contributed by atoms with Crippen LogP contribution in [0.4, 0.5) is 0 Å². The molecule has 0 bridgehead atoms. The Bertz CT molecular complexity index is 1070. The summed E-state index contributed by atoms with van der Waals surface area (Å²) in [6.07, 6.45) is 4.12. The normalized spacial score (nSPS) is 12.1. The molecule has 1 unspecified atom stereocenters. The Morgan fingerprint density at radius 2 is 2.15 bits per heavy atom. The third kappa shape index (κ3) is 3.79. The maximum Gasteiger partial charge on any atom is 0.295 e. The lowest BCUT2D eigenvalue weighted by molar-refractivity contribution is 0.0919. The molecule has 0 radical (unpaired) electrons. The van der Waals surface area contributed by atoms with Crippen molar-refractivity contribution in [2.75, 3.05) is 6.54 Å². The van der Waals surface area contributed by atoms with E-state index in [9.17, 15) is 14.7 Å². The molecule has 140 valence electrons. The summed E-state index contributed by atoms with van der Waals surface area (Å²) in [5, 5.41) is 12.4. The van der Waals surface area contributed by atoms with E-state index in [2.05, 4.69) is 16.9 Å². The Balaban J connectivity index is 2.16. The number of nitrogens with one attached hydrogen (secondary N) is 1. The quantitative estimate of drug-likeness (QED) is 0.635. The van der Waals surface area contributed by atoms with Gasteiger partial charge in [-0.15, -0.1) is 6.58 Å². The maximum atomic E-state index is 12.9. The van der Waals surface area contributed by atoms with E-state index >= 15 is 0 Å². The number of aromatic nitrogens is 3. The van der Waals surface area contributed by atoms with Crippen LogP contribution in [-0.4, -0.2) is 37.6 Å². The monoisotopic (exact) mass is 386 g/mol. The molecule has 7 nitrogen and oxygen atoms in total. The van der Waals surface area contributed by atoms with E-state index < -0.39 is 12.0 Å². The smallest absolute Gasteiger partial charge is 0.295 e. The lowest BCUT2D eigenvalue weighted by Crippen LogP contribution is -2.30. The molecule has 0 aliphatic rings. The lowest BCUT2D eigenvalue weighted by atomic mass is 10.1. The summed E-state index contributed by atoms with van der Waals surface area (Å²) in [5.74, 6) is -0.464. The number of aliphatic hydroxyl groups is 1. The van der Waals surface area contributed by atoms with Crippen LogP contribution in [0.1, 0.15) is 17.4 Å². The standard InChI is InChI=1S/C19H19ClN4O3/c1-3-8-24-16(13-6-4-5-7-14(13)20)11-23-10-15(22-17(23)19(24)27)18(26)21-9-12(2)25/h3-7,10-12,25H,1,8-9H2,2H3,(H,21,26). The molecule has 0 saturated heterocycles. The topological polar surface area (TPSA) is 88.6 Å². The summed E-state index contributed by atoms with van der Waals surface area (Å²) in [7, 11) is 0. The van der Waals surface area contributed by atoms with Gasteiger partial charge in [0.25, 0.3) is 11.5 Å². The van der Waals surface area contributed by atoms with Gasteiger partial charge in [-0.3, -0.25) is 18.6 Å². The highest BCUT2D eigenvalue weighted by Gasteiger charge is 2.17. The number of allylic oxidation sites excluding steroid dienone is 1. The van der Waals surface area contributed by atoms with Crippen LogP contribution in [0.5, 0.6) is 0 Å². The fourth-order valence-corrected chi connectivity index (χ4v) is 2.95. The van der Waals surface area contributed by atoms with Gasteiger partial charge in [0.2, 0.25) is 5.65 Å². The van der Waals surface area contributed by atoms with Crippen LogP contribution < -0.4 is 10.9 Å². The van der Waals surface area contributed by atoms with E-state index in [1.165, 1.54) is 15.2 Å². The Morgan fingerprint density at radius 1 is 1.41 bits per heavy atom. The van der Waals surface area contributed by atoms with Crippen molar-refractivity contribution >= 4 is 23.2 Å². The van der Waals surface area contributed by atoms with Crippen molar-refractivity contribution < 1.29 is 9.90 Å². The molecule has 2 heterocycles. The number of hydrogen-bond acceptors (Lipinski definition) is 4. The van der Waals surface area contributed by atoms with Crippen molar-refractivity contribution in [2.24, 2.45) is 0 Å². The molecule has 0 spiro atoms. The molecule has 0 fully saturated rings. The van der Waals surface area contributed by atoms with Gasteiger partial charge in [-0.2, -0.15) is 0 Å². The molecule has 2 aromatic heterocycles. The molecule has 1 atom stereocenters. The molecular formula is C19H19ClN4O3. The van der Waals surface area contributed by atoms with Crippen LogP contribution in [0, 0.1) is 0 Å². The summed E-state index contributed by atoms with van der Waals surface area (Å²) in [4.78, 5) is 29.3. The summed E-state index contributed by atoms with van der Waals surface area (Å²) in [5.41, 5.74) is 1.13. The second-order valence-corrected chi connectivity index (χ2v) is 6.52. The number of carbonyl (C=O) groups is 1. The zero-order chi connectivity index (χ0) is 19.6. The second kappa shape index (κ2) is 7.77. The Hall–Kier alpha value is -2.90. The molecule has 27 heavy (non-hydrogen) atoms. The molecule has 0 saturated carbocycles. The van der Waals surface area contributed by atoms with Crippen molar-refractivity contribution in [3.63, 3.8) is 0 Å². The molecule has 1 amide bonds. The van der Waals surface area contributed by atoms with Crippen LogP contribution in [0.3, 0.4) is 0 Å². The highest BCUT2D eigenvalue weighted by atomic mass is 35.5. The first kappa shape index (κ1) is 18.9. The number of amides is 1. The largest absolute Gasteiger partial charge is 0.392 e. The third-order valence-corrected chi connectivity index (χ3v) is 4.30. The van der Waals surface area contributed by atoms with E-state index in [-0.39, 0.29) is 30.0 Å². The highest BCUT2D eigenvalue weighted by molar-refractivity contribution is 6.33. The maximum absolute atomic E-state index is 12.9. The van der Waals surface area contributed by atoms with Crippen LogP contribution >= 0.6 is 11.6 Å². The Labute approximate surface area is 160 Å². The lowest BCUT2D eigenvalue weighted by Gasteiger charge is -2.13. The zero-order valence-electron chi connectivity index (χ0n) is 14.7. The SMILES string of the molecule is C=CCn1c(-c2ccccc2Cl)cn2cc(C(=O)NCC(C)O)nc2c1=O. The number of carbonyl (C=O) groups excluding carboxylic acids is 1. The first-order valence-corrected chi connectivity index (χ1v) is 8.74. The Kier molecular flexibility index (Phi) is 5.43. The third-order valence-electron chi connectivity index (χ3n) is 3.97. The van der Waals surface area contributed by atoms with E-state index in [0.717, 1.165) is 0 Å². The fourth-order valence-electron chi connectivity index (χ4n) is 2.72. The molecule has 0 aliphatic carbocycles. The summed E-state index contributed by atoms with van der Waals surface area (Å²) < 4.78 is 3.02. The molecule has 1 aromatic carbocycles. The minimum absolute atomic E-state index is 0.0919. The number of imidazole rings is 1. The van der Waals surface area contributed by atoms with Crippen molar-refractivity contribution in [3.05, 3.63) is 70.4 Å². The van der Waals surface area contributed by atoms with Gasteiger partial charge in [0, 0.05) is 36.1 Å². The summed E-state index contributed by atoms with van der Waals surface area (Å²) >= 11 is 6.31. The van der Waals surface area contributed by atoms with Crippen LogP contribution in [-0.2, 0) is 6.54 Å². The predicted molar refractivity (Wildman–Crippen MR) is 104 cm³/mol. The predicted octanol–water partition coefficient (Wildman–Crippen LogP) is 2.11. The molecule has 2 N–H and O–H groups in total. The van der Waals surface area contributed by atoms with Crippen molar-refractivity contribution in [1.29, 1.82) is 0 Å². The number of aliphatic hydroxyl groups excluding tert-OH is 1. The van der Waals surface area contributed by atoms with Gasteiger partial charge in [0.1, 0.15) is 5.69 Å². The van der Waals surface area contributed by atoms with Gasteiger partial charge < -0.3 is 10.4 Å². The number of benzene rings is 1. The van der Waals surface area contributed by atoms with Gasteiger partial charge in [-0.1, -0.05) is 35.9 Å². The number of hydrogen-bond donors (Lipinski definition) is 2.